The molecular formula is C34H34N4O9S2. The van der Waals surface area contributed by atoms with Crippen LogP contribution in [0.1, 0.15) is 43.5 Å². The second kappa shape index (κ2) is 14.5. The standard InChI is InChI=1S/C34H34N4O9S2/c1-7-45-24-14-20(10-12-23(24)47-16-26(39)44-6)28-27(32(43)46-8-2)19(5)35-34-38(28)31(42)25(49-34)15-22-29(40)36-33(48)37(30(22)41)21-11-9-17(3)18(4)13-21/h9-15,22,28H,7-8,16H2,1-6H3,(H,36,40,48)/b25-15+/t22-,28+/m1/s1. The number of fused-ring (bicyclic) bond motifs is 1. The molecule has 13 nitrogen and oxygen atoms in total. The highest BCUT2D eigenvalue weighted by atomic mass is 32.1. The molecule has 49 heavy (non-hydrogen) atoms. The van der Waals surface area contributed by atoms with Crippen molar-refractivity contribution in [2.75, 3.05) is 31.8 Å². The smallest absolute Gasteiger partial charge is 0.343 e. The molecule has 1 saturated heterocycles. The molecule has 3 heterocycles. The topological polar surface area (TPSA) is 155 Å². The van der Waals surface area contributed by atoms with Gasteiger partial charge in [-0.3, -0.25) is 23.9 Å². The average Bonchev–Trinajstić information content (AvgIpc) is 3.37. The van der Waals surface area contributed by atoms with Crippen molar-refractivity contribution in [1.29, 1.82) is 0 Å². The Balaban J connectivity index is 1.63. The first-order valence-electron chi connectivity index (χ1n) is 15.3. The highest BCUT2D eigenvalue weighted by molar-refractivity contribution is 7.80. The molecule has 0 unspecified atom stereocenters. The third kappa shape index (κ3) is 6.89. The van der Waals surface area contributed by atoms with Crippen LogP contribution in [0.15, 0.2) is 57.5 Å². The van der Waals surface area contributed by atoms with Crippen LogP contribution < -0.4 is 34.6 Å². The van der Waals surface area contributed by atoms with Crippen molar-refractivity contribution in [2.45, 2.75) is 40.7 Å². The van der Waals surface area contributed by atoms with Gasteiger partial charge in [0.1, 0.15) is 5.92 Å². The molecule has 2 atom stereocenters. The van der Waals surface area contributed by atoms with Crippen molar-refractivity contribution in [3.63, 3.8) is 0 Å². The highest BCUT2D eigenvalue weighted by Gasteiger charge is 2.39. The molecule has 2 amide bonds. The summed E-state index contributed by atoms with van der Waals surface area (Å²) in [5.74, 6) is -3.44. The summed E-state index contributed by atoms with van der Waals surface area (Å²) in [6.45, 7) is 8.87. The number of aromatic nitrogens is 1. The molecule has 15 heteroatoms. The number of anilines is 1. The number of thiocarbonyl (C=S) groups is 1. The number of thiazole rings is 1. The lowest BCUT2D eigenvalue weighted by Crippen LogP contribution is -2.58. The molecule has 1 N–H and O–H groups in total. The molecule has 0 spiro atoms. The van der Waals surface area contributed by atoms with E-state index in [1.807, 2.05) is 19.9 Å². The van der Waals surface area contributed by atoms with Gasteiger partial charge in [0.2, 0.25) is 11.8 Å². The normalized spacial score (nSPS) is 17.7. The average molecular weight is 707 g/mol. The summed E-state index contributed by atoms with van der Waals surface area (Å²) in [7, 11) is 1.24. The largest absolute Gasteiger partial charge is 0.490 e. The fourth-order valence-corrected chi connectivity index (χ4v) is 6.75. The summed E-state index contributed by atoms with van der Waals surface area (Å²) >= 11 is 6.33. The molecular weight excluding hydrogens is 673 g/mol. The number of carbonyl (C=O) groups excluding carboxylic acids is 4. The molecule has 5 rings (SSSR count). The minimum absolute atomic E-state index is 0.0612. The van der Waals surface area contributed by atoms with E-state index in [-0.39, 0.29) is 51.3 Å². The van der Waals surface area contributed by atoms with E-state index < -0.39 is 41.3 Å². The lowest BCUT2D eigenvalue weighted by Gasteiger charge is -2.31. The number of methoxy groups -OCH3 is 1. The third-order valence-corrected chi connectivity index (χ3v) is 9.23. The van der Waals surface area contributed by atoms with Crippen molar-refractivity contribution in [3.05, 3.63) is 84.0 Å². The highest BCUT2D eigenvalue weighted by Crippen LogP contribution is 2.36. The number of hydrogen-bond acceptors (Lipinski definition) is 12. The van der Waals surface area contributed by atoms with Crippen LogP contribution in [0.3, 0.4) is 0 Å². The maximum atomic E-state index is 14.2. The van der Waals surface area contributed by atoms with Crippen LogP contribution in [-0.4, -0.2) is 60.4 Å². The number of ether oxygens (including phenoxy) is 4. The molecule has 3 aromatic rings. The van der Waals surface area contributed by atoms with Gasteiger partial charge in [-0.05, 0) is 93.9 Å². The number of hydrogen-bond donors (Lipinski definition) is 1. The SMILES string of the molecule is CCOC(=O)C1=C(C)N=c2s/c(=C/[C@@H]3C(=O)NC(=S)N(c4ccc(C)c(C)c4)C3=O)c(=O)n2[C@H]1c1ccc(OCC(=O)OC)c(OCC)c1. The maximum Gasteiger partial charge on any atom is 0.343 e. The summed E-state index contributed by atoms with van der Waals surface area (Å²) in [6, 6.07) is 9.16. The summed E-state index contributed by atoms with van der Waals surface area (Å²) in [4.78, 5) is 72.3. The van der Waals surface area contributed by atoms with Gasteiger partial charge in [0.25, 0.3) is 5.56 Å². The van der Waals surface area contributed by atoms with Gasteiger partial charge in [-0.1, -0.05) is 23.5 Å². The zero-order chi connectivity index (χ0) is 35.6. The Morgan fingerprint density at radius 1 is 1.00 bits per heavy atom. The molecule has 0 bridgehead atoms. The quantitative estimate of drug-likeness (QED) is 0.189. The Morgan fingerprint density at radius 2 is 1.76 bits per heavy atom. The molecule has 0 radical (unpaired) electrons. The van der Waals surface area contributed by atoms with E-state index in [4.69, 9.17) is 26.4 Å². The van der Waals surface area contributed by atoms with E-state index in [9.17, 15) is 24.0 Å². The van der Waals surface area contributed by atoms with Crippen molar-refractivity contribution in [3.8, 4) is 11.5 Å². The van der Waals surface area contributed by atoms with Crippen molar-refractivity contribution in [1.82, 2.24) is 9.88 Å². The number of nitrogens with one attached hydrogen (secondary N) is 1. The molecule has 2 aromatic carbocycles. The Kier molecular flexibility index (Phi) is 10.4. The van der Waals surface area contributed by atoms with E-state index in [0.29, 0.717) is 16.9 Å². The van der Waals surface area contributed by atoms with Gasteiger partial charge in [0.15, 0.2) is 28.0 Å². The van der Waals surface area contributed by atoms with Gasteiger partial charge < -0.3 is 24.3 Å². The molecule has 1 fully saturated rings. The van der Waals surface area contributed by atoms with Crippen LogP contribution in [0.25, 0.3) is 6.08 Å². The van der Waals surface area contributed by atoms with Gasteiger partial charge in [-0.2, -0.15) is 0 Å². The van der Waals surface area contributed by atoms with E-state index in [0.717, 1.165) is 22.5 Å². The predicted octanol–water partition coefficient (Wildman–Crippen LogP) is 2.38. The number of allylic oxidation sites excluding steroid dienone is 1. The molecule has 2 aliphatic rings. The zero-order valence-corrected chi connectivity index (χ0v) is 29.3. The number of nitrogens with zero attached hydrogens (tertiary/aromatic N) is 3. The number of esters is 2. The molecule has 2 aliphatic heterocycles. The first kappa shape index (κ1) is 35.2. The lowest BCUT2D eigenvalue weighted by molar-refractivity contribution is -0.143. The number of carbonyl (C=O) groups is 4. The fraction of sp³-hybridized carbons (Fsp3) is 0.324. The lowest BCUT2D eigenvalue weighted by atomic mass is 9.95. The molecule has 0 saturated carbocycles. The van der Waals surface area contributed by atoms with E-state index in [1.54, 1.807) is 51.1 Å². The number of aryl methyl sites for hydroxylation is 2. The maximum absolute atomic E-state index is 14.2. The van der Waals surface area contributed by atoms with Crippen LogP contribution in [0.4, 0.5) is 5.69 Å². The summed E-state index contributed by atoms with van der Waals surface area (Å²) in [6.07, 6.45) is 1.30. The minimum Gasteiger partial charge on any atom is -0.490 e. The molecule has 1 aromatic heterocycles. The minimum atomic E-state index is -1.38. The van der Waals surface area contributed by atoms with Crippen molar-refractivity contribution in [2.24, 2.45) is 10.9 Å². The van der Waals surface area contributed by atoms with Gasteiger partial charge in [0, 0.05) is 0 Å². The van der Waals surface area contributed by atoms with Crippen LogP contribution in [0.5, 0.6) is 11.5 Å². The summed E-state index contributed by atoms with van der Waals surface area (Å²) < 4.78 is 22.8. The van der Waals surface area contributed by atoms with Gasteiger partial charge >= 0.3 is 11.9 Å². The van der Waals surface area contributed by atoms with Gasteiger partial charge in [-0.15, -0.1) is 0 Å². The van der Waals surface area contributed by atoms with Gasteiger partial charge in [0.05, 0.1) is 47.9 Å². The van der Waals surface area contributed by atoms with Crippen LogP contribution in [0.2, 0.25) is 0 Å². The van der Waals surface area contributed by atoms with Crippen LogP contribution in [-0.2, 0) is 28.7 Å². The van der Waals surface area contributed by atoms with Gasteiger partial charge in [-0.25, -0.2) is 14.6 Å². The van der Waals surface area contributed by atoms with E-state index >= 15 is 0 Å². The number of rotatable bonds is 10. The first-order chi connectivity index (χ1) is 23.4. The van der Waals surface area contributed by atoms with E-state index in [1.165, 1.54) is 22.7 Å². The Hall–Kier alpha value is -5.15. The first-order valence-corrected chi connectivity index (χ1v) is 16.5. The fourth-order valence-electron chi connectivity index (χ4n) is 5.40. The van der Waals surface area contributed by atoms with E-state index in [2.05, 4.69) is 15.0 Å². The summed E-state index contributed by atoms with van der Waals surface area (Å²) in [5, 5.41) is 2.51. The molecule has 256 valence electrons. The Bertz CT molecular complexity index is 2100. The van der Waals surface area contributed by atoms with Crippen LogP contribution >= 0.6 is 23.6 Å². The van der Waals surface area contributed by atoms with Crippen molar-refractivity contribution < 1.29 is 38.1 Å². The summed E-state index contributed by atoms with van der Waals surface area (Å²) in [5.41, 5.74) is 2.73. The Morgan fingerprint density at radius 3 is 2.43 bits per heavy atom. The third-order valence-electron chi connectivity index (χ3n) is 7.94. The second-order valence-corrected chi connectivity index (χ2v) is 12.4. The number of amides is 2. The Labute approximate surface area is 290 Å². The molecule has 0 aliphatic carbocycles. The predicted molar refractivity (Wildman–Crippen MR) is 184 cm³/mol. The zero-order valence-electron chi connectivity index (χ0n) is 27.6. The second-order valence-electron chi connectivity index (χ2n) is 11.0. The number of benzene rings is 2. The monoisotopic (exact) mass is 706 g/mol. The van der Waals surface area contributed by atoms with Crippen molar-refractivity contribution >= 4 is 64.2 Å². The van der Waals surface area contributed by atoms with Crippen LogP contribution in [0, 0.1) is 19.8 Å².